The number of nitrogens with one attached hydrogen (secondary N) is 1. The summed E-state index contributed by atoms with van der Waals surface area (Å²) in [4.78, 5) is 0.144. The fraction of sp³-hybridized carbons (Fsp3) is 0.333. The van der Waals surface area contributed by atoms with Crippen molar-refractivity contribution in [2.75, 3.05) is 19.9 Å². The second-order valence-corrected chi connectivity index (χ2v) is 4.97. The minimum Gasteiger partial charge on any atom is -0.454 e. The topological polar surface area (TPSA) is 90.7 Å². The van der Waals surface area contributed by atoms with Crippen molar-refractivity contribution < 1.29 is 17.9 Å². The van der Waals surface area contributed by atoms with Crippen LogP contribution in [0, 0.1) is 0 Å². The summed E-state index contributed by atoms with van der Waals surface area (Å²) in [6, 6.07) is 4.47. The summed E-state index contributed by atoms with van der Waals surface area (Å²) < 4.78 is 36.0. The SMILES string of the molecule is Cl.NCCNS(=O)(=O)c1ccc2c(c1)OCO2. The van der Waals surface area contributed by atoms with Gasteiger partial charge in [0.25, 0.3) is 0 Å². The summed E-state index contributed by atoms with van der Waals surface area (Å²) in [6.07, 6.45) is 0. The van der Waals surface area contributed by atoms with E-state index in [2.05, 4.69) is 4.72 Å². The molecule has 1 aromatic carbocycles. The van der Waals surface area contributed by atoms with Crippen LogP contribution in [0.15, 0.2) is 23.1 Å². The summed E-state index contributed by atoms with van der Waals surface area (Å²) in [5.74, 6) is 0.994. The molecule has 1 heterocycles. The van der Waals surface area contributed by atoms with E-state index in [0.29, 0.717) is 11.5 Å². The van der Waals surface area contributed by atoms with Crippen molar-refractivity contribution in [3.05, 3.63) is 18.2 Å². The van der Waals surface area contributed by atoms with Crippen LogP contribution in [0.3, 0.4) is 0 Å². The maximum absolute atomic E-state index is 11.7. The fourth-order valence-electron chi connectivity index (χ4n) is 1.32. The van der Waals surface area contributed by atoms with Gasteiger partial charge in [-0.15, -0.1) is 12.4 Å². The second kappa shape index (κ2) is 5.54. The molecule has 6 nitrogen and oxygen atoms in total. The lowest BCUT2D eigenvalue weighted by atomic mass is 10.3. The van der Waals surface area contributed by atoms with Gasteiger partial charge >= 0.3 is 0 Å². The number of benzene rings is 1. The van der Waals surface area contributed by atoms with Gasteiger partial charge in [-0.25, -0.2) is 13.1 Å². The van der Waals surface area contributed by atoms with Crippen LogP contribution in [-0.4, -0.2) is 28.3 Å². The molecule has 0 spiro atoms. The average molecular weight is 281 g/mol. The Kier molecular flexibility index (Phi) is 4.58. The number of hydrogen-bond donors (Lipinski definition) is 2. The Labute approximate surface area is 106 Å². The van der Waals surface area contributed by atoms with Crippen LogP contribution >= 0.6 is 12.4 Å². The van der Waals surface area contributed by atoms with Crippen LogP contribution < -0.4 is 19.9 Å². The van der Waals surface area contributed by atoms with Crippen LogP contribution in [0.2, 0.25) is 0 Å². The molecule has 17 heavy (non-hydrogen) atoms. The summed E-state index contributed by atoms with van der Waals surface area (Å²) >= 11 is 0. The molecule has 1 aliphatic heterocycles. The van der Waals surface area contributed by atoms with Gasteiger partial charge < -0.3 is 15.2 Å². The van der Waals surface area contributed by atoms with Crippen molar-refractivity contribution in [1.82, 2.24) is 4.72 Å². The van der Waals surface area contributed by atoms with Crippen molar-refractivity contribution >= 4 is 22.4 Å². The summed E-state index contributed by atoms with van der Waals surface area (Å²) in [7, 11) is -3.51. The molecule has 0 saturated heterocycles. The summed E-state index contributed by atoms with van der Waals surface area (Å²) in [5, 5.41) is 0. The predicted molar refractivity (Wildman–Crippen MR) is 64.1 cm³/mol. The zero-order valence-corrected chi connectivity index (χ0v) is 10.5. The van der Waals surface area contributed by atoms with E-state index in [1.807, 2.05) is 0 Å². The first-order valence-corrected chi connectivity index (χ1v) is 6.21. The molecular weight excluding hydrogens is 268 g/mol. The Morgan fingerprint density at radius 3 is 2.71 bits per heavy atom. The van der Waals surface area contributed by atoms with Crippen molar-refractivity contribution in [3.63, 3.8) is 0 Å². The number of nitrogens with two attached hydrogens (primary N) is 1. The molecule has 0 saturated carbocycles. The van der Waals surface area contributed by atoms with Crippen molar-refractivity contribution in [3.8, 4) is 11.5 Å². The monoisotopic (exact) mass is 280 g/mol. The van der Waals surface area contributed by atoms with Gasteiger partial charge in [-0.05, 0) is 12.1 Å². The van der Waals surface area contributed by atoms with Crippen molar-refractivity contribution in [2.45, 2.75) is 4.90 Å². The molecule has 0 atom stereocenters. The number of rotatable bonds is 4. The molecule has 0 unspecified atom stereocenters. The zero-order valence-electron chi connectivity index (χ0n) is 8.88. The molecule has 0 fully saturated rings. The third-order valence-electron chi connectivity index (χ3n) is 2.09. The Balaban J connectivity index is 0.00000144. The van der Waals surface area contributed by atoms with Crippen molar-refractivity contribution in [1.29, 1.82) is 0 Å². The van der Waals surface area contributed by atoms with Crippen LogP contribution in [0.5, 0.6) is 11.5 Å². The molecule has 0 aliphatic carbocycles. The van der Waals surface area contributed by atoms with Gasteiger partial charge in [0, 0.05) is 19.2 Å². The van der Waals surface area contributed by atoms with E-state index in [9.17, 15) is 8.42 Å². The number of sulfonamides is 1. The first-order chi connectivity index (χ1) is 7.63. The Hall–Kier alpha value is -1.02. The molecule has 0 bridgehead atoms. The van der Waals surface area contributed by atoms with Crippen LogP contribution in [0.25, 0.3) is 0 Å². The fourth-order valence-corrected chi connectivity index (χ4v) is 2.38. The van der Waals surface area contributed by atoms with E-state index in [4.69, 9.17) is 15.2 Å². The maximum atomic E-state index is 11.7. The Morgan fingerprint density at radius 2 is 2.00 bits per heavy atom. The summed E-state index contributed by atoms with van der Waals surface area (Å²) in [5.41, 5.74) is 5.23. The Bertz CT molecular complexity index is 492. The zero-order chi connectivity index (χ0) is 11.6. The molecule has 3 N–H and O–H groups in total. The molecule has 0 radical (unpaired) electrons. The lowest BCUT2D eigenvalue weighted by Crippen LogP contribution is -2.29. The van der Waals surface area contributed by atoms with Crippen LogP contribution in [0.1, 0.15) is 0 Å². The molecule has 2 rings (SSSR count). The number of ether oxygens (including phenoxy) is 2. The van der Waals surface area contributed by atoms with Crippen LogP contribution in [-0.2, 0) is 10.0 Å². The molecule has 0 aromatic heterocycles. The van der Waals surface area contributed by atoms with E-state index < -0.39 is 10.0 Å². The minimum absolute atomic E-state index is 0. The molecule has 1 aromatic rings. The average Bonchev–Trinajstić information content (AvgIpc) is 2.73. The first-order valence-electron chi connectivity index (χ1n) is 4.73. The molecule has 8 heteroatoms. The highest BCUT2D eigenvalue weighted by Crippen LogP contribution is 2.33. The van der Waals surface area contributed by atoms with Gasteiger partial charge in [-0.1, -0.05) is 0 Å². The van der Waals surface area contributed by atoms with Gasteiger partial charge in [-0.3, -0.25) is 0 Å². The molecule has 1 aliphatic rings. The highest BCUT2D eigenvalue weighted by Gasteiger charge is 2.19. The second-order valence-electron chi connectivity index (χ2n) is 3.20. The minimum atomic E-state index is -3.51. The van der Waals surface area contributed by atoms with Gasteiger partial charge in [0.05, 0.1) is 4.90 Å². The normalized spacial score (nSPS) is 13.2. The smallest absolute Gasteiger partial charge is 0.240 e. The quantitative estimate of drug-likeness (QED) is 0.815. The first kappa shape index (κ1) is 14.0. The number of halogens is 1. The van der Waals surface area contributed by atoms with Gasteiger partial charge in [0.1, 0.15) is 0 Å². The molecule has 0 amide bonds. The van der Waals surface area contributed by atoms with Gasteiger partial charge in [-0.2, -0.15) is 0 Å². The largest absolute Gasteiger partial charge is 0.454 e. The standard InChI is InChI=1S/C9H12N2O4S.ClH/c10-3-4-11-16(12,13)7-1-2-8-9(5-7)15-6-14-8;/h1-2,5,11H,3-4,6,10H2;1H. The number of hydrogen-bond acceptors (Lipinski definition) is 5. The Morgan fingerprint density at radius 1 is 1.29 bits per heavy atom. The lowest BCUT2D eigenvalue weighted by Gasteiger charge is -2.05. The maximum Gasteiger partial charge on any atom is 0.240 e. The van der Waals surface area contributed by atoms with Gasteiger partial charge in [0.2, 0.25) is 16.8 Å². The van der Waals surface area contributed by atoms with Gasteiger partial charge in [0.15, 0.2) is 11.5 Å². The van der Waals surface area contributed by atoms with Crippen molar-refractivity contribution in [2.24, 2.45) is 5.73 Å². The van der Waals surface area contributed by atoms with E-state index >= 15 is 0 Å². The van der Waals surface area contributed by atoms with E-state index in [1.165, 1.54) is 12.1 Å². The number of fused-ring (bicyclic) bond motifs is 1. The third kappa shape index (κ3) is 3.01. The predicted octanol–water partition coefficient (Wildman–Crippen LogP) is 0.0741. The van der Waals surface area contributed by atoms with E-state index in [-0.39, 0.29) is 37.2 Å². The molecular formula is C9H13ClN2O4S. The third-order valence-corrected chi connectivity index (χ3v) is 3.55. The van der Waals surface area contributed by atoms with E-state index in [1.54, 1.807) is 6.07 Å². The molecule has 96 valence electrons. The highest BCUT2D eigenvalue weighted by molar-refractivity contribution is 7.89. The van der Waals surface area contributed by atoms with Crippen LogP contribution in [0.4, 0.5) is 0 Å². The summed E-state index contributed by atoms with van der Waals surface area (Å²) in [6.45, 7) is 0.579. The highest BCUT2D eigenvalue weighted by atomic mass is 35.5. The lowest BCUT2D eigenvalue weighted by molar-refractivity contribution is 0.174. The van der Waals surface area contributed by atoms with E-state index in [0.717, 1.165) is 0 Å².